The van der Waals surface area contributed by atoms with Crippen molar-refractivity contribution >= 4 is 0 Å². The van der Waals surface area contributed by atoms with E-state index in [2.05, 4.69) is 67.1 Å². The summed E-state index contributed by atoms with van der Waals surface area (Å²) in [6, 6.07) is 9.68. The Morgan fingerprint density at radius 1 is 1.04 bits per heavy atom. The van der Waals surface area contributed by atoms with E-state index < -0.39 is 0 Å². The van der Waals surface area contributed by atoms with Crippen LogP contribution in [0.5, 0.6) is 0 Å². The molecule has 0 amide bonds. The second-order valence-electron chi connectivity index (χ2n) is 7.37. The molecule has 2 nitrogen and oxygen atoms in total. The van der Waals surface area contributed by atoms with Crippen LogP contribution < -0.4 is 0 Å². The molecule has 1 fully saturated rings. The minimum absolute atomic E-state index is 0.529. The normalized spacial score (nSPS) is 25.2. The van der Waals surface area contributed by atoms with Gasteiger partial charge in [-0.15, -0.1) is 0 Å². The van der Waals surface area contributed by atoms with Crippen LogP contribution in [0.3, 0.4) is 0 Å². The first kappa shape index (κ1) is 20.9. The molecule has 2 aliphatic rings. The Hall–Kier alpha value is -1.38. The molecule has 1 aliphatic carbocycles. The van der Waals surface area contributed by atoms with Gasteiger partial charge in [-0.25, -0.2) is 0 Å². The maximum Gasteiger partial charge on any atom is 0.0392 e. The molecule has 0 radical (unpaired) electrons. The number of hydrogen-bond donors (Lipinski definition) is 0. The molecule has 1 atom stereocenters. The summed E-state index contributed by atoms with van der Waals surface area (Å²) in [4.78, 5) is 5.17. The smallest absolute Gasteiger partial charge is 0.0392 e. The first-order valence-electron chi connectivity index (χ1n) is 10.5. The highest BCUT2D eigenvalue weighted by molar-refractivity contribution is 5.37. The van der Waals surface area contributed by atoms with Crippen molar-refractivity contribution in [2.24, 2.45) is 0 Å². The molecule has 0 bridgehead atoms. The molecule has 1 saturated heterocycles. The van der Waals surface area contributed by atoms with E-state index in [1.807, 2.05) is 13.8 Å². The number of nitrogens with zero attached hydrogens (tertiary/aromatic N) is 2. The van der Waals surface area contributed by atoms with Crippen molar-refractivity contribution in [2.75, 3.05) is 33.2 Å². The summed E-state index contributed by atoms with van der Waals surface area (Å²) in [7, 11) is 2.24. The van der Waals surface area contributed by atoms with Gasteiger partial charge in [0.1, 0.15) is 0 Å². The second kappa shape index (κ2) is 10.7. The minimum atomic E-state index is 0.529. The van der Waals surface area contributed by atoms with Crippen molar-refractivity contribution in [1.82, 2.24) is 9.80 Å². The number of rotatable bonds is 3. The highest BCUT2D eigenvalue weighted by atomic mass is 15.3. The van der Waals surface area contributed by atoms with Crippen LogP contribution in [0.15, 0.2) is 47.6 Å². The van der Waals surface area contributed by atoms with Crippen molar-refractivity contribution in [1.29, 1.82) is 0 Å². The lowest BCUT2D eigenvalue weighted by Crippen LogP contribution is -2.46. The summed E-state index contributed by atoms with van der Waals surface area (Å²) in [5.74, 6) is 0. The quantitative estimate of drug-likeness (QED) is 0.695. The Balaban J connectivity index is 0.00000117. The Labute approximate surface area is 161 Å². The Bertz CT molecular complexity index is 606. The second-order valence-corrected chi connectivity index (χ2v) is 7.37. The number of hydrogen-bond acceptors (Lipinski definition) is 2. The lowest BCUT2D eigenvalue weighted by molar-refractivity contribution is 0.110. The molecule has 0 spiro atoms. The van der Waals surface area contributed by atoms with Crippen molar-refractivity contribution < 1.29 is 0 Å². The maximum absolute atomic E-state index is 2.72. The third-order valence-electron chi connectivity index (χ3n) is 5.68. The van der Waals surface area contributed by atoms with Crippen LogP contribution in [0, 0.1) is 0 Å². The number of benzene rings is 1. The standard InChI is InChI=1S/C22H32N2.C2H6/c1-4-5-8-20-17-22(24-15-13-23(3)14-16-24)21-10-7-6-9-19(21)12-11-18(20)2;1-2/h5-10,22H,4,11-17H2,1-3H3;1-2H3/b8-5-,20-18-;. The van der Waals surface area contributed by atoms with Crippen LogP contribution in [-0.2, 0) is 6.42 Å². The van der Waals surface area contributed by atoms with Gasteiger partial charge in [0.2, 0.25) is 0 Å². The minimum Gasteiger partial charge on any atom is -0.304 e. The zero-order valence-electron chi connectivity index (χ0n) is 17.6. The van der Waals surface area contributed by atoms with Crippen molar-refractivity contribution in [3.63, 3.8) is 0 Å². The number of piperazine rings is 1. The highest BCUT2D eigenvalue weighted by Gasteiger charge is 2.27. The first-order chi connectivity index (χ1) is 12.7. The molecule has 1 unspecified atom stereocenters. The summed E-state index contributed by atoms with van der Waals surface area (Å²) in [5, 5.41) is 0. The lowest BCUT2D eigenvalue weighted by atomic mass is 9.85. The van der Waals surface area contributed by atoms with Crippen molar-refractivity contribution in [3.05, 3.63) is 58.7 Å². The molecule has 0 saturated carbocycles. The zero-order chi connectivity index (χ0) is 18.9. The fraction of sp³-hybridized carbons (Fsp3) is 0.583. The van der Waals surface area contributed by atoms with E-state index in [0.717, 1.165) is 12.8 Å². The van der Waals surface area contributed by atoms with Crippen LogP contribution in [-0.4, -0.2) is 43.0 Å². The van der Waals surface area contributed by atoms with Gasteiger partial charge in [0.05, 0.1) is 0 Å². The average molecular weight is 355 g/mol. The van der Waals surface area contributed by atoms with E-state index in [-0.39, 0.29) is 0 Å². The summed E-state index contributed by atoms with van der Waals surface area (Å²) in [6.45, 7) is 13.3. The molecule has 0 aromatic heterocycles. The van der Waals surface area contributed by atoms with Gasteiger partial charge in [0.15, 0.2) is 0 Å². The largest absolute Gasteiger partial charge is 0.304 e. The average Bonchev–Trinajstić information content (AvgIpc) is 2.68. The van der Waals surface area contributed by atoms with Crippen LogP contribution in [0.2, 0.25) is 0 Å². The molecule has 144 valence electrons. The Morgan fingerprint density at radius 3 is 2.42 bits per heavy atom. The first-order valence-corrected chi connectivity index (χ1v) is 10.5. The fourth-order valence-electron chi connectivity index (χ4n) is 3.99. The van der Waals surface area contributed by atoms with Gasteiger partial charge in [-0.1, -0.05) is 62.8 Å². The van der Waals surface area contributed by atoms with E-state index in [0.29, 0.717) is 6.04 Å². The lowest BCUT2D eigenvalue weighted by Gasteiger charge is -2.40. The predicted octanol–water partition coefficient (Wildman–Crippen LogP) is 5.62. The van der Waals surface area contributed by atoms with Crippen LogP contribution >= 0.6 is 0 Å². The highest BCUT2D eigenvalue weighted by Crippen LogP contribution is 2.35. The third kappa shape index (κ3) is 5.31. The number of likely N-dealkylation sites (N-methyl/N-ethyl adjacent to an activating group) is 1. The van der Waals surface area contributed by atoms with Gasteiger partial charge in [-0.2, -0.15) is 0 Å². The molecule has 26 heavy (non-hydrogen) atoms. The van der Waals surface area contributed by atoms with Gasteiger partial charge >= 0.3 is 0 Å². The molecule has 3 rings (SSSR count). The van der Waals surface area contributed by atoms with E-state index in [1.165, 1.54) is 39.0 Å². The van der Waals surface area contributed by atoms with Crippen molar-refractivity contribution in [2.45, 2.75) is 59.4 Å². The molecule has 2 heteroatoms. The number of fused-ring (bicyclic) bond motifs is 1. The van der Waals surface area contributed by atoms with Crippen molar-refractivity contribution in [3.8, 4) is 0 Å². The maximum atomic E-state index is 2.72. The zero-order valence-corrected chi connectivity index (χ0v) is 17.6. The Morgan fingerprint density at radius 2 is 1.73 bits per heavy atom. The van der Waals surface area contributed by atoms with Gasteiger partial charge in [0.25, 0.3) is 0 Å². The monoisotopic (exact) mass is 354 g/mol. The van der Waals surface area contributed by atoms with Gasteiger partial charge in [-0.05, 0) is 56.4 Å². The summed E-state index contributed by atoms with van der Waals surface area (Å²) in [5.41, 5.74) is 6.26. The van der Waals surface area contributed by atoms with E-state index >= 15 is 0 Å². The fourth-order valence-corrected chi connectivity index (χ4v) is 3.99. The number of allylic oxidation sites excluding steroid dienone is 3. The predicted molar refractivity (Wildman–Crippen MR) is 115 cm³/mol. The van der Waals surface area contributed by atoms with Crippen LogP contribution in [0.1, 0.15) is 64.1 Å². The van der Waals surface area contributed by atoms with E-state index in [9.17, 15) is 0 Å². The summed E-state index contributed by atoms with van der Waals surface area (Å²) < 4.78 is 0. The topological polar surface area (TPSA) is 6.48 Å². The van der Waals surface area contributed by atoms with Crippen LogP contribution in [0.4, 0.5) is 0 Å². The molecule has 0 N–H and O–H groups in total. The number of aryl methyl sites for hydroxylation is 1. The summed E-state index contributed by atoms with van der Waals surface area (Å²) >= 11 is 0. The molecule has 1 aromatic rings. The molecule has 1 aromatic carbocycles. The van der Waals surface area contributed by atoms with Crippen LogP contribution in [0.25, 0.3) is 0 Å². The molecular formula is C24H38N2. The van der Waals surface area contributed by atoms with Gasteiger partial charge in [-0.3, -0.25) is 4.90 Å². The SMILES string of the molecule is CC.CC/C=C\C1=C(/C)CCc2ccccc2C(N2CCN(C)CC2)C1. The van der Waals surface area contributed by atoms with Gasteiger partial charge < -0.3 is 4.90 Å². The molecular weight excluding hydrogens is 316 g/mol. The molecule has 1 aliphatic heterocycles. The Kier molecular flexibility index (Phi) is 8.61. The molecule has 1 heterocycles. The van der Waals surface area contributed by atoms with E-state index in [4.69, 9.17) is 0 Å². The van der Waals surface area contributed by atoms with E-state index in [1.54, 1.807) is 22.3 Å². The third-order valence-corrected chi connectivity index (χ3v) is 5.68. The van der Waals surface area contributed by atoms with Gasteiger partial charge in [0, 0.05) is 32.2 Å². The summed E-state index contributed by atoms with van der Waals surface area (Å²) in [6.07, 6.45) is 9.36.